The number of nitrogens with zero attached hydrogens (tertiary/aromatic N) is 1. The summed E-state index contributed by atoms with van der Waals surface area (Å²) in [4.78, 5) is 35.9. The molecule has 1 aromatic carbocycles. The van der Waals surface area contributed by atoms with Crippen molar-refractivity contribution in [3.63, 3.8) is 0 Å². The quantitative estimate of drug-likeness (QED) is 0.557. The maximum absolute atomic E-state index is 13.0. The second-order valence-corrected chi connectivity index (χ2v) is 5.93. The number of amides is 2. The Balaban J connectivity index is 2.27. The van der Waals surface area contributed by atoms with Crippen LogP contribution in [-0.2, 0) is 19.1 Å². The molecule has 0 aromatic heterocycles. The van der Waals surface area contributed by atoms with Crippen LogP contribution in [0, 0.1) is 11.6 Å². The van der Waals surface area contributed by atoms with E-state index in [1.165, 1.54) is 31.9 Å². The second kappa shape index (κ2) is 9.86. The van der Waals surface area contributed by atoms with Crippen LogP contribution >= 0.6 is 11.8 Å². The molecule has 24 heavy (non-hydrogen) atoms. The molecule has 0 aliphatic carbocycles. The van der Waals surface area contributed by atoms with E-state index in [-0.39, 0.29) is 18.9 Å². The normalized spacial score (nSPS) is 10.2. The molecule has 0 atom stereocenters. The van der Waals surface area contributed by atoms with Crippen LogP contribution in [0.3, 0.4) is 0 Å². The summed E-state index contributed by atoms with van der Waals surface area (Å²) in [6.07, 6.45) is 0.0100. The van der Waals surface area contributed by atoms with Gasteiger partial charge in [-0.2, -0.15) is 0 Å². The fourth-order valence-electron chi connectivity index (χ4n) is 1.53. The van der Waals surface area contributed by atoms with Gasteiger partial charge < -0.3 is 15.0 Å². The maximum atomic E-state index is 13.0. The smallest absolute Gasteiger partial charge is 0.307 e. The molecule has 0 radical (unpaired) electrons. The molecule has 2 amide bonds. The number of halogens is 2. The van der Waals surface area contributed by atoms with Gasteiger partial charge >= 0.3 is 5.97 Å². The van der Waals surface area contributed by atoms with Crippen molar-refractivity contribution in [2.45, 2.75) is 11.3 Å². The van der Waals surface area contributed by atoms with Crippen molar-refractivity contribution < 1.29 is 27.9 Å². The first-order valence-electron chi connectivity index (χ1n) is 7.01. The number of benzene rings is 1. The minimum Gasteiger partial charge on any atom is -0.456 e. The number of carbonyl (C=O) groups is 3. The van der Waals surface area contributed by atoms with E-state index >= 15 is 0 Å². The van der Waals surface area contributed by atoms with Gasteiger partial charge in [0.05, 0.1) is 13.0 Å². The Hall–Kier alpha value is -2.16. The van der Waals surface area contributed by atoms with E-state index in [1.54, 1.807) is 0 Å². The summed E-state index contributed by atoms with van der Waals surface area (Å²) < 4.78 is 30.6. The van der Waals surface area contributed by atoms with Gasteiger partial charge in [-0.25, -0.2) is 8.78 Å². The summed E-state index contributed by atoms with van der Waals surface area (Å²) in [5.41, 5.74) is 0. The number of carbonyl (C=O) groups excluding carboxylic acids is 3. The number of ether oxygens (including phenoxy) is 1. The first-order chi connectivity index (χ1) is 11.3. The Morgan fingerprint density at radius 2 is 1.96 bits per heavy atom. The van der Waals surface area contributed by atoms with Gasteiger partial charge in [-0.05, 0) is 18.2 Å². The van der Waals surface area contributed by atoms with Crippen LogP contribution in [-0.4, -0.2) is 55.7 Å². The maximum Gasteiger partial charge on any atom is 0.307 e. The Morgan fingerprint density at radius 3 is 2.58 bits per heavy atom. The fraction of sp³-hybridized carbons (Fsp3) is 0.400. The zero-order valence-corrected chi connectivity index (χ0v) is 14.1. The van der Waals surface area contributed by atoms with Gasteiger partial charge in [-0.1, -0.05) is 0 Å². The van der Waals surface area contributed by atoms with Crippen LogP contribution in [0.25, 0.3) is 0 Å². The van der Waals surface area contributed by atoms with E-state index in [1.807, 2.05) is 0 Å². The average Bonchev–Trinajstić information content (AvgIpc) is 2.55. The predicted molar refractivity (Wildman–Crippen MR) is 84.4 cm³/mol. The van der Waals surface area contributed by atoms with Crippen LogP contribution in [0.15, 0.2) is 23.1 Å². The Bertz CT molecular complexity index is 613. The lowest BCUT2D eigenvalue weighted by atomic mass is 10.3. The zero-order valence-electron chi connectivity index (χ0n) is 13.3. The van der Waals surface area contributed by atoms with E-state index in [0.717, 1.165) is 17.0 Å². The molecule has 0 bridgehead atoms. The van der Waals surface area contributed by atoms with Gasteiger partial charge in [0.2, 0.25) is 5.91 Å². The molecular formula is C15H18F2N2O4S. The lowest BCUT2D eigenvalue weighted by molar-refractivity contribution is -0.151. The zero-order chi connectivity index (χ0) is 18.1. The molecule has 6 nitrogen and oxygen atoms in total. The molecule has 0 saturated heterocycles. The Labute approximate surface area is 142 Å². The number of hydrogen-bond acceptors (Lipinski definition) is 5. The average molecular weight is 360 g/mol. The van der Waals surface area contributed by atoms with Crippen molar-refractivity contribution in [3.05, 3.63) is 29.8 Å². The number of hydrogen-bond donors (Lipinski definition) is 1. The molecule has 9 heteroatoms. The lowest BCUT2D eigenvalue weighted by Crippen LogP contribution is -2.39. The molecule has 0 spiro atoms. The Kier molecular flexibility index (Phi) is 8.17. The molecule has 0 aliphatic rings. The molecule has 0 heterocycles. The molecule has 0 fully saturated rings. The summed E-state index contributed by atoms with van der Waals surface area (Å²) >= 11 is 1.17. The summed E-state index contributed by atoms with van der Waals surface area (Å²) in [5.74, 6) is -3.01. The summed E-state index contributed by atoms with van der Waals surface area (Å²) in [6.45, 7) is -0.582. The highest BCUT2D eigenvalue weighted by molar-refractivity contribution is 7.99. The predicted octanol–water partition coefficient (Wildman–Crippen LogP) is 1.19. The van der Waals surface area contributed by atoms with Crippen LogP contribution in [0.5, 0.6) is 0 Å². The largest absolute Gasteiger partial charge is 0.456 e. The van der Waals surface area contributed by atoms with Crippen molar-refractivity contribution in [3.8, 4) is 0 Å². The molecule has 1 rings (SSSR count). The van der Waals surface area contributed by atoms with Crippen LogP contribution in [0.2, 0.25) is 0 Å². The topological polar surface area (TPSA) is 75.7 Å². The summed E-state index contributed by atoms with van der Waals surface area (Å²) in [7, 11) is 2.87. The van der Waals surface area contributed by atoms with Crippen LogP contribution in [0.4, 0.5) is 8.78 Å². The number of thioether (sulfide) groups is 1. The van der Waals surface area contributed by atoms with E-state index < -0.39 is 30.1 Å². The highest BCUT2D eigenvalue weighted by atomic mass is 32.2. The number of likely N-dealkylation sites (N-methyl/N-ethyl adjacent to an activating group) is 2. The third-order valence-corrected chi connectivity index (χ3v) is 3.90. The standard InChI is InChI=1S/C15H18F2N2O4S/c1-18-13(20)8-19(2)14(21)9-23-15(22)5-6-24-10-3-4-11(16)12(17)7-10/h3-4,7H,5-6,8-9H2,1-2H3,(H,18,20). The van der Waals surface area contributed by atoms with Crippen molar-refractivity contribution >= 4 is 29.5 Å². The summed E-state index contributed by atoms with van der Waals surface area (Å²) in [6, 6.07) is 3.46. The highest BCUT2D eigenvalue weighted by Crippen LogP contribution is 2.21. The van der Waals surface area contributed by atoms with Gasteiger partial charge in [0.25, 0.3) is 5.91 Å². The molecular weight excluding hydrogens is 342 g/mol. The first-order valence-corrected chi connectivity index (χ1v) is 8.00. The second-order valence-electron chi connectivity index (χ2n) is 4.76. The minimum atomic E-state index is -0.952. The van der Waals surface area contributed by atoms with Crippen molar-refractivity contribution in [2.75, 3.05) is 33.0 Å². The highest BCUT2D eigenvalue weighted by Gasteiger charge is 2.14. The molecule has 0 saturated carbocycles. The number of esters is 1. The molecule has 1 aromatic rings. The van der Waals surface area contributed by atoms with Gasteiger partial charge in [-0.3, -0.25) is 14.4 Å². The SMILES string of the molecule is CNC(=O)CN(C)C(=O)COC(=O)CCSc1ccc(F)c(F)c1. The monoisotopic (exact) mass is 360 g/mol. The van der Waals surface area contributed by atoms with Gasteiger partial charge in [-0.15, -0.1) is 11.8 Å². The fourth-order valence-corrected chi connectivity index (χ4v) is 2.38. The van der Waals surface area contributed by atoms with E-state index in [0.29, 0.717) is 10.6 Å². The van der Waals surface area contributed by atoms with E-state index in [4.69, 9.17) is 4.74 Å². The molecule has 132 valence electrons. The van der Waals surface area contributed by atoms with Crippen molar-refractivity contribution in [1.82, 2.24) is 10.2 Å². The Morgan fingerprint density at radius 1 is 1.25 bits per heavy atom. The van der Waals surface area contributed by atoms with Crippen LogP contribution in [0.1, 0.15) is 6.42 Å². The van der Waals surface area contributed by atoms with Gasteiger partial charge in [0.1, 0.15) is 0 Å². The number of rotatable bonds is 8. The summed E-state index contributed by atoms with van der Waals surface area (Å²) in [5, 5.41) is 2.37. The van der Waals surface area contributed by atoms with Crippen molar-refractivity contribution in [1.29, 1.82) is 0 Å². The third-order valence-electron chi connectivity index (χ3n) is 2.91. The van der Waals surface area contributed by atoms with E-state index in [9.17, 15) is 23.2 Å². The number of nitrogens with one attached hydrogen (secondary N) is 1. The minimum absolute atomic E-state index is 0.0100. The van der Waals surface area contributed by atoms with Gasteiger partial charge in [0, 0.05) is 24.7 Å². The van der Waals surface area contributed by atoms with Gasteiger partial charge in [0.15, 0.2) is 18.2 Å². The van der Waals surface area contributed by atoms with E-state index in [2.05, 4.69) is 5.32 Å². The molecule has 1 N–H and O–H groups in total. The molecule has 0 unspecified atom stereocenters. The molecule has 0 aliphatic heterocycles. The third kappa shape index (κ3) is 6.95. The van der Waals surface area contributed by atoms with Crippen molar-refractivity contribution in [2.24, 2.45) is 0 Å². The lowest BCUT2D eigenvalue weighted by Gasteiger charge is -2.15. The van der Waals surface area contributed by atoms with Crippen LogP contribution < -0.4 is 5.32 Å². The first kappa shape index (κ1) is 19.9.